The maximum absolute atomic E-state index is 13.1. The molecule has 6 rings (SSSR count). The number of anilines is 4. The Labute approximate surface area is 421 Å². The fourth-order valence-electron chi connectivity index (χ4n) is 8.53. The van der Waals surface area contributed by atoms with E-state index in [9.17, 15) is 35.9 Å². The average molecular weight is 999 g/mol. The van der Waals surface area contributed by atoms with Crippen molar-refractivity contribution in [2.75, 3.05) is 23.4 Å². The van der Waals surface area contributed by atoms with Gasteiger partial charge in [0.15, 0.2) is 0 Å². The van der Waals surface area contributed by atoms with E-state index in [0.29, 0.717) is 65.0 Å². The van der Waals surface area contributed by atoms with E-state index in [-0.39, 0.29) is 23.4 Å². The molecule has 5 nitrogen and oxygen atoms in total. The molecule has 0 N–H and O–H groups in total. The van der Waals surface area contributed by atoms with Gasteiger partial charge in [-0.3, -0.25) is 9.59 Å². The fourth-order valence-corrected chi connectivity index (χ4v) is 8.64. The smallest absolute Gasteiger partial charge is 0.345 e. The third kappa shape index (κ3) is 15.5. The summed E-state index contributed by atoms with van der Waals surface area (Å²) in [6.45, 7) is 20.6. The van der Waals surface area contributed by atoms with Crippen LogP contribution in [0.25, 0.3) is 22.3 Å². The van der Waals surface area contributed by atoms with Crippen LogP contribution in [0, 0.1) is 17.8 Å². The van der Waals surface area contributed by atoms with Crippen LogP contribution in [-0.2, 0) is 21.9 Å². The van der Waals surface area contributed by atoms with Gasteiger partial charge in [-0.15, -0.1) is 0 Å². The number of carbonyl (C=O) groups excluding carboxylic acids is 2. The van der Waals surface area contributed by atoms with Crippen LogP contribution in [0.1, 0.15) is 128 Å². The van der Waals surface area contributed by atoms with Gasteiger partial charge in [0.05, 0.1) is 16.1 Å². The van der Waals surface area contributed by atoms with E-state index in [1.807, 2.05) is 54.4 Å². The van der Waals surface area contributed by atoms with E-state index >= 15 is 0 Å². The van der Waals surface area contributed by atoms with Gasteiger partial charge in [-0.2, -0.15) is 26.3 Å². The Kier molecular flexibility index (Phi) is 18.9. The van der Waals surface area contributed by atoms with E-state index in [1.165, 1.54) is 29.8 Å². The van der Waals surface area contributed by atoms with E-state index in [0.717, 1.165) is 63.6 Å². The summed E-state index contributed by atoms with van der Waals surface area (Å²) in [5.74, 6) is 1.57. The van der Waals surface area contributed by atoms with Crippen molar-refractivity contribution in [3.05, 3.63) is 160 Å². The molecule has 6 aromatic rings. The van der Waals surface area contributed by atoms with Crippen molar-refractivity contribution in [2.45, 2.75) is 112 Å². The number of hydrogen-bond donors (Lipinski definition) is 0. The summed E-state index contributed by atoms with van der Waals surface area (Å²) in [4.78, 5) is 33.9. The maximum Gasteiger partial charge on any atom is 0.416 e. The van der Waals surface area contributed by atoms with Gasteiger partial charge in [0.1, 0.15) is 17.4 Å². The van der Waals surface area contributed by atoms with Gasteiger partial charge in [0, 0.05) is 48.7 Å². The van der Waals surface area contributed by atoms with Gasteiger partial charge in [-0.05, 0) is 162 Å². The lowest BCUT2D eigenvalue weighted by Gasteiger charge is -2.28. The standard InChI is InChI=1S/C30H34F3NO.C29H32ClF3N2O/c1-19(2)15-29(21(5)35)25-16-24(23-7-11-26(12-8-23)30(31,32)33)17-28(18-25)34(6)27-13-9-22(10-14-27)20(3)4;1-18(2)12-27(20(5)36)23-13-22(21-6-8-24(9-7-21)29(31,32)33)14-26(15-23)35(17-19(3)4)28-11-10-25(30)16-34-28/h7-14,16-20,29H,15H2,1-6H3;6-11,13-16,18-19,27H,12,17H2,1-5H3. The molecule has 1 aromatic heterocycles. The number of Topliss-reactive ketones (excluding diaryl/α,β-unsaturated/α-hetero) is 2. The Morgan fingerprint density at radius 3 is 1.32 bits per heavy atom. The number of carbonyl (C=O) groups is 2. The lowest BCUT2D eigenvalue weighted by Crippen LogP contribution is -2.24. The van der Waals surface area contributed by atoms with Crippen molar-refractivity contribution in [3.8, 4) is 22.3 Å². The third-order valence-electron chi connectivity index (χ3n) is 12.4. The lowest BCUT2D eigenvalue weighted by molar-refractivity contribution is -0.138. The largest absolute Gasteiger partial charge is 0.416 e. The van der Waals surface area contributed by atoms with Crippen LogP contribution >= 0.6 is 11.6 Å². The van der Waals surface area contributed by atoms with E-state index < -0.39 is 23.5 Å². The predicted octanol–water partition coefficient (Wildman–Crippen LogP) is 17.9. The van der Waals surface area contributed by atoms with Crippen LogP contribution in [0.3, 0.4) is 0 Å². The van der Waals surface area contributed by atoms with Crippen molar-refractivity contribution < 1.29 is 35.9 Å². The van der Waals surface area contributed by atoms with Crippen LogP contribution in [0.2, 0.25) is 5.02 Å². The topological polar surface area (TPSA) is 53.5 Å². The number of halogens is 7. The average Bonchev–Trinajstić information content (AvgIpc) is 3.31. The highest BCUT2D eigenvalue weighted by molar-refractivity contribution is 6.30. The molecule has 0 amide bonds. The highest BCUT2D eigenvalue weighted by Gasteiger charge is 2.31. The van der Waals surface area contributed by atoms with Crippen LogP contribution in [-0.4, -0.2) is 30.1 Å². The van der Waals surface area contributed by atoms with Gasteiger partial charge in [-0.25, -0.2) is 4.98 Å². The molecule has 2 atom stereocenters. The molecular weight excluding hydrogens is 932 g/mol. The highest BCUT2D eigenvalue weighted by Crippen LogP contribution is 2.40. The number of ketones is 2. The lowest BCUT2D eigenvalue weighted by atomic mass is 9.85. The summed E-state index contributed by atoms with van der Waals surface area (Å²) in [6.07, 6.45) is -5.82. The summed E-state index contributed by atoms with van der Waals surface area (Å²) in [5, 5.41) is 0.524. The SMILES string of the molecule is CC(=O)C(CC(C)C)c1cc(-c2ccc(C(F)(F)F)cc2)cc(N(C)c2ccc(C(C)C)cc2)c1.CC(=O)C(CC(C)C)c1cc(-c2ccc(C(F)(F)F)cc2)cc(N(CC(C)C)c2ccc(Cl)cn2)c1. The molecule has 0 saturated heterocycles. The summed E-state index contributed by atoms with van der Waals surface area (Å²) < 4.78 is 78.7. The van der Waals surface area contributed by atoms with Crippen LogP contribution in [0.5, 0.6) is 0 Å². The number of hydrogen-bond acceptors (Lipinski definition) is 5. The van der Waals surface area contributed by atoms with Gasteiger partial charge in [0.25, 0.3) is 0 Å². The minimum Gasteiger partial charge on any atom is -0.345 e. The molecule has 0 aliphatic heterocycles. The molecular formula is C59H66ClF6N3O2. The molecule has 0 spiro atoms. The molecule has 1 heterocycles. The van der Waals surface area contributed by atoms with Gasteiger partial charge >= 0.3 is 12.4 Å². The first-order valence-electron chi connectivity index (χ1n) is 24.1. The Morgan fingerprint density at radius 2 is 0.958 bits per heavy atom. The molecule has 0 bridgehead atoms. The predicted molar refractivity (Wildman–Crippen MR) is 279 cm³/mol. The molecule has 0 saturated carbocycles. The number of benzene rings is 5. The van der Waals surface area contributed by atoms with Gasteiger partial charge < -0.3 is 9.80 Å². The number of rotatable bonds is 17. The van der Waals surface area contributed by atoms with E-state index in [2.05, 4.69) is 89.5 Å². The Balaban J connectivity index is 0.000000264. The second kappa shape index (κ2) is 24.0. The van der Waals surface area contributed by atoms with Crippen LogP contribution in [0.4, 0.5) is 49.2 Å². The van der Waals surface area contributed by atoms with Gasteiger partial charge in [0.2, 0.25) is 0 Å². The molecule has 12 heteroatoms. The Morgan fingerprint density at radius 1 is 0.521 bits per heavy atom. The Hall–Kier alpha value is -5.94. The first-order valence-corrected chi connectivity index (χ1v) is 24.5. The first-order chi connectivity index (χ1) is 33.2. The minimum absolute atomic E-state index is 0.0549. The highest BCUT2D eigenvalue weighted by atomic mass is 35.5. The molecule has 71 heavy (non-hydrogen) atoms. The van der Waals surface area contributed by atoms with Crippen LogP contribution in [0.15, 0.2) is 128 Å². The van der Waals surface area contributed by atoms with Gasteiger partial charge in [-0.1, -0.05) is 116 Å². The summed E-state index contributed by atoms with van der Waals surface area (Å²) in [5.41, 5.74) is 7.13. The van der Waals surface area contributed by atoms with E-state index in [4.69, 9.17) is 11.6 Å². The zero-order valence-corrected chi connectivity index (χ0v) is 43.3. The molecule has 2 unspecified atom stereocenters. The van der Waals surface area contributed by atoms with Crippen LogP contribution < -0.4 is 9.80 Å². The summed E-state index contributed by atoms with van der Waals surface area (Å²) in [7, 11) is 1.96. The monoisotopic (exact) mass is 997 g/mol. The third-order valence-corrected chi connectivity index (χ3v) is 12.6. The molecule has 5 aromatic carbocycles. The first kappa shape index (κ1) is 56.0. The maximum atomic E-state index is 13.1. The summed E-state index contributed by atoms with van der Waals surface area (Å²) >= 11 is 6.07. The fraction of sp³-hybridized carbons (Fsp3) is 0.373. The molecule has 378 valence electrons. The zero-order valence-electron chi connectivity index (χ0n) is 42.5. The van der Waals surface area contributed by atoms with Crippen molar-refractivity contribution >= 4 is 46.0 Å². The Bertz CT molecular complexity index is 2690. The number of pyridine rings is 1. The number of nitrogens with zero attached hydrogens (tertiary/aromatic N) is 3. The van der Waals surface area contributed by atoms with Crippen molar-refractivity contribution in [2.24, 2.45) is 17.8 Å². The van der Waals surface area contributed by atoms with Crippen molar-refractivity contribution in [3.63, 3.8) is 0 Å². The molecule has 0 aliphatic rings. The second-order valence-corrected chi connectivity index (χ2v) is 20.4. The minimum atomic E-state index is -4.41. The zero-order chi connectivity index (χ0) is 52.5. The van der Waals surface area contributed by atoms with E-state index in [1.54, 1.807) is 26.1 Å². The molecule has 0 aliphatic carbocycles. The van der Waals surface area contributed by atoms with Crippen molar-refractivity contribution in [1.29, 1.82) is 0 Å². The van der Waals surface area contributed by atoms with Crippen molar-refractivity contribution in [1.82, 2.24) is 4.98 Å². The summed E-state index contributed by atoms with van der Waals surface area (Å²) in [6, 6.07) is 34.1. The second-order valence-electron chi connectivity index (χ2n) is 20.0. The number of alkyl halides is 6. The molecule has 0 fully saturated rings. The number of aromatic nitrogens is 1. The molecule has 0 radical (unpaired) electrons. The quantitative estimate of drug-likeness (QED) is 0.0852. The normalized spacial score (nSPS) is 12.8.